The van der Waals surface area contributed by atoms with Crippen LogP contribution in [-0.2, 0) is 0 Å². The van der Waals surface area contributed by atoms with Gasteiger partial charge in [-0.15, -0.1) is 0 Å². The van der Waals surface area contributed by atoms with Gasteiger partial charge < -0.3 is 10.1 Å². The molecule has 4 nitrogen and oxygen atoms in total. The van der Waals surface area contributed by atoms with Crippen LogP contribution in [0.4, 0.5) is 5.82 Å². The minimum Gasteiger partial charge on any atom is -0.491 e. The maximum absolute atomic E-state index is 5.97. The first-order valence-corrected chi connectivity index (χ1v) is 7.94. The number of hydrogen-bond acceptors (Lipinski definition) is 4. The van der Waals surface area contributed by atoms with Crippen molar-refractivity contribution >= 4 is 17.4 Å². The Labute approximate surface area is 136 Å². The van der Waals surface area contributed by atoms with Gasteiger partial charge in [-0.25, -0.2) is 9.97 Å². The second-order valence-electron chi connectivity index (χ2n) is 5.26. The van der Waals surface area contributed by atoms with Crippen molar-refractivity contribution in [2.24, 2.45) is 0 Å². The summed E-state index contributed by atoms with van der Waals surface area (Å²) in [5.74, 6) is 2.20. The summed E-state index contributed by atoms with van der Waals surface area (Å²) in [4.78, 5) is 8.12. The van der Waals surface area contributed by atoms with E-state index < -0.39 is 0 Å². The Morgan fingerprint density at radius 2 is 2.05 bits per heavy atom. The number of aromatic nitrogens is 2. The van der Waals surface area contributed by atoms with Crippen molar-refractivity contribution in [2.75, 3.05) is 18.5 Å². The summed E-state index contributed by atoms with van der Waals surface area (Å²) >= 11 is 5.97. The smallest absolute Gasteiger partial charge is 0.137 e. The monoisotopic (exact) mass is 319 g/mol. The topological polar surface area (TPSA) is 47.0 Å². The standard InChI is InChI=1S/C17H22ClN3O/c1-4-12(2)14-7-5-6-8-15(14)22-10-9-19-17-13(3)16(18)20-11-21-17/h5-8,11-12H,4,9-10H2,1-3H3,(H,19,20,21). The van der Waals surface area contributed by atoms with Crippen molar-refractivity contribution in [3.63, 3.8) is 0 Å². The quantitative estimate of drug-likeness (QED) is 0.605. The third kappa shape index (κ3) is 4.10. The van der Waals surface area contributed by atoms with E-state index in [2.05, 4.69) is 41.3 Å². The fourth-order valence-corrected chi connectivity index (χ4v) is 2.31. The van der Waals surface area contributed by atoms with Gasteiger partial charge >= 0.3 is 0 Å². The number of rotatable bonds is 7. The third-order valence-electron chi connectivity index (χ3n) is 3.74. The Bertz CT molecular complexity index is 619. The third-order valence-corrected chi connectivity index (χ3v) is 4.12. The van der Waals surface area contributed by atoms with Crippen LogP contribution in [0, 0.1) is 6.92 Å². The molecule has 0 aliphatic rings. The molecule has 22 heavy (non-hydrogen) atoms. The van der Waals surface area contributed by atoms with Gasteiger partial charge in [-0.05, 0) is 30.9 Å². The molecule has 0 amide bonds. The van der Waals surface area contributed by atoms with Crippen LogP contribution >= 0.6 is 11.6 Å². The molecule has 0 fully saturated rings. The van der Waals surface area contributed by atoms with Gasteiger partial charge in [0.2, 0.25) is 0 Å². The minimum atomic E-state index is 0.473. The van der Waals surface area contributed by atoms with Crippen molar-refractivity contribution in [1.29, 1.82) is 0 Å². The van der Waals surface area contributed by atoms with E-state index >= 15 is 0 Å². The molecule has 1 atom stereocenters. The number of ether oxygens (including phenoxy) is 1. The first-order valence-electron chi connectivity index (χ1n) is 7.56. The predicted molar refractivity (Wildman–Crippen MR) is 90.9 cm³/mol. The van der Waals surface area contributed by atoms with Crippen molar-refractivity contribution in [3.8, 4) is 5.75 Å². The Hall–Kier alpha value is -1.81. The number of anilines is 1. The zero-order chi connectivity index (χ0) is 15.9. The molecule has 1 unspecified atom stereocenters. The van der Waals surface area contributed by atoms with Crippen LogP contribution in [0.5, 0.6) is 5.75 Å². The molecule has 118 valence electrons. The molecule has 1 N–H and O–H groups in total. The van der Waals surface area contributed by atoms with Gasteiger partial charge in [0.1, 0.15) is 29.7 Å². The molecule has 0 aliphatic heterocycles. The van der Waals surface area contributed by atoms with Crippen LogP contribution in [0.15, 0.2) is 30.6 Å². The molecule has 0 aliphatic carbocycles. The molecule has 1 heterocycles. The van der Waals surface area contributed by atoms with E-state index in [1.807, 2.05) is 19.1 Å². The number of benzene rings is 1. The van der Waals surface area contributed by atoms with Gasteiger partial charge in [0.15, 0.2) is 0 Å². The molecule has 2 rings (SSSR count). The maximum Gasteiger partial charge on any atom is 0.137 e. The summed E-state index contributed by atoms with van der Waals surface area (Å²) in [6, 6.07) is 8.21. The van der Waals surface area contributed by atoms with Crippen LogP contribution in [0.3, 0.4) is 0 Å². The number of nitrogens with one attached hydrogen (secondary N) is 1. The van der Waals surface area contributed by atoms with Crippen LogP contribution in [0.25, 0.3) is 0 Å². The highest BCUT2D eigenvalue weighted by atomic mass is 35.5. The summed E-state index contributed by atoms with van der Waals surface area (Å²) in [7, 11) is 0. The van der Waals surface area contributed by atoms with Gasteiger partial charge in [0, 0.05) is 5.56 Å². The fourth-order valence-electron chi connectivity index (χ4n) is 2.18. The first-order chi connectivity index (χ1) is 10.6. The Balaban J connectivity index is 1.91. The van der Waals surface area contributed by atoms with Gasteiger partial charge in [0.05, 0.1) is 6.54 Å². The molecular weight excluding hydrogens is 298 g/mol. The Morgan fingerprint density at radius 3 is 2.82 bits per heavy atom. The van der Waals surface area contributed by atoms with Crippen molar-refractivity contribution in [1.82, 2.24) is 9.97 Å². The normalized spacial score (nSPS) is 12.0. The lowest BCUT2D eigenvalue weighted by Gasteiger charge is -2.16. The molecule has 0 radical (unpaired) electrons. The minimum absolute atomic E-state index is 0.473. The van der Waals surface area contributed by atoms with E-state index in [1.54, 1.807) is 0 Å². The summed E-state index contributed by atoms with van der Waals surface area (Å²) in [5, 5.41) is 3.70. The molecule has 1 aromatic carbocycles. The summed E-state index contributed by atoms with van der Waals surface area (Å²) < 4.78 is 5.91. The molecule has 1 aromatic heterocycles. The highest BCUT2D eigenvalue weighted by Gasteiger charge is 2.09. The SMILES string of the molecule is CCC(C)c1ccccc1OCCNc1ncnc(Cl)c1C. The van der Waals surface area contributed by atoms with E-state index in [-0.39, 0.29) is 0 Å². The zero-order valence-corrected chi connectivity index (χ0v) is 14.0. The molecule has 2 aromatic rings. The lowest BCUT2D eigenvalue weighted by atomic mass is 9.98. The maximum atomic E-state index is 5.97. The van der Waals surface area contributed by atoms with Crippen molar-refractivity contribution in [2.45, 2.75) is 33.1 Å². The number of nitrogens with zero attached hydrogens (tertiary/aromatic N) is 2. The van der Waals surface area contributed by atoms with Crippen LogP contribution in [-0.4, -0.2) is 23.1 Å². The predicted octanol–water partition coefficient (Wildman–Crippen LogP) is 4.44. The molecule has 0 spiro atoms. The van der Waals surface area contributed by atoms with Gasteiger partial charge in [-0.3, -0.25) is 0 Å². The van der Waals surface area contributed by atoms with Crippen molar-refractivity contribution in [3.05, 3.63) is 46.9 Å². The van der Waals surface area contributed by atoms with E-state index in [1.165, 1.54) is 11.9 Å². The molecule has 5 heteroatoms. The lowest BCUT2D eigenvalue weighted by Crippen LogP contribution is -2.14. The summed E-state index contributed by atoms with van der Waals surface area (Å²) in [5.41, 5.74) is 2.11. The van der Waals surface area contributed by atoms with Gasteiger partial charge in [0.25, 0.3) is 0 Å². The highest BCUT2D eigenvalue weighted by Crippen LogP contribution is 2.28. The van der Waals surface area contributed by atoms with Crippen LogP contribution in [0.2, 0.25) is 5.15 Å². The summed E-state index contributed by atoms with van der Waals surface area (Å²) in [6.45, 7) is 7.51. The van der Waals surface area contributed by atoms with Gasteiger partial charge in [-0.2, -0.15) is 0 Å². The number of halogens is 1. The second-order valence-corrected chi connectivity index (χ2v) is 5.62. The van der Waals surface area contributed by atoms with E-state index in [0.29, 0.717) is 24.2 Å². The molecule has 0 bridgehead atoms. The zero-order valence-electron chi connectivity index (χ0n) is 13.3. The largest absolute Gasteiger partial charge is 0.491 e. The number of para-hydroxylation sites is 1. The Morgan fingerprint density at radius 1 is 1.27 bits per heavy atom. The molecule has 0 saturated heterocycles. The lowest BCUT2D eigenvalue weighted by molar-refractivity contribution is 0.327. The average molecular weight is 320 g/mol. The van der Waals surface area contributed by atoms with Crippen LogP contribution in [0.1, 0.15) is 37.3 Å². The number of hydrogen-bond donors (Lipinski definition) is 1. The highest BCUT2D eigenvalue weighted by molar-refractivity contribution is 6.30. The van der Waals surface area contributed by atoms with Gasteiger partial charge in [-0.1, -0.05) is 43.6 Å². The van der Waals surface area contributed by atoms with Crippen molar-refractivity contribution < 1.29 is 4.74 Å². The Kier molecular flexibility index (Phi) is 6.01. The van der Waals surface area contributed by atoms with E-state index in [0.717, 1.165) is 23.6 Å². The summed E-state index contributed by atoms with van der Waals surface area (Å²) in [6.07, 6.45) is 2.55. The van der Waals surface area contributed by atoms with E-state index in [9.17, 15) is 0 Å². The molecule has 0 saturated carbocycles. The second kappa shape index (κ2) is 7.99. The fraction of sp³-hybridized carbons (Fsp3) is 0.412. The molecular formula is C17H22ClN3O. The first kappa shape index (κ1) is 16.6. The van der Waals surface area contributed by atoms with E-state index in [4.69, 9.17) is 16.3 Å². The average Bonchev–Trinajstić information content (AvgIpc) is 2.55. The van der Waals surface area contributed by atoms with Crippen LogP contribution < -0.4 is 10.1 Å².